The van der Waals surface area contributed by atoms with Crippen molar-refractivity contribution in [2.45, 2.75) is 6.42 Å². The predicted molar refractivity (Wildman–Crippen MR) is 53.6 cm³/mol. The number of benzene rings is 1. The molecule has 5 heteroatoms. The van der Waals surface area contributed by atoms with Crippen LogP contribution in [0.25, 0.3) is 0 Å². The molecule has 0 amide bonds. The monoisotopic (exact) mass is 300 g/mol. The SMILES string of the molecule is C1=COc2ccccc2C1.[Al].[Co].[Fe].[H-].[H-].[Mg+2]. The molecule has 74 valence electrons. The van der Waals surface area contributed by atoms with Crippen molar-refractivity contribution < 1.29 is 41.4 Å². The molecule has 0 saturated heterocycles. The van der Waals surface area contributed by atoms with Crippen molar-refractivity contribution in [1.82, 2.24) is 0 Å². The molecule has 1 aliphatic rings. The van der Waals surface area contributed by atoms with Crippen molar-refractivity contribution >= 4 is 40.4 Å². The first-order valence-electron chi connectivity index (χ1n) is 3.36. The van der Waals surface area contributed by atoms with Gasteiger partial charge in [0.25, 0.3) is 0 Å². The zero-order valence-corrected chi connectivity index (χ0v) is 12.3. The smallest absolute Gasteiger partial charge is 1.00 e. The third kappa shape index (κ3) is 5.25. The quantitative estimate of drug-likeness (QED) is 0.661. The van der Waals surface area contributed by atoms with Crippen LogP contribution in [0.5, 0.6) is 5.75 Å². The zero-order chi connectivity index (χ0) is 6.81. The van der Waals surface area contributed by atoms with E-state index in [0.717, 1.165) is 12.2 Å². The predicted octanol–water partition coefficient (Wildman–Crippen LogP) is 1.59. The first-order chi connectivity index (χ1) is 4.97. The molecule has 1 aromatic rings. The molecular weight excluding hydrogens is 290 g/mol. The van der Waals surface area contributed by atoms with Gasteiger partial charge in [0.15, 0.2) is 0 Å². The van der Waals surface area contributed by atoms with E-state index < -0.39 is 0 Å². The standard InChI is InChI=1S/C9H8O.Al.Co.Fe.Mg.2H/c1-2-6-9-8(4-1)5-3-7-10-9;;;;;;/h1-4,6-7H,5H2;;;;;;/q;;;;+2;2*-1. The Balaban J connectivity index is -0.0000000672. The average Bonchev–Trinajstić information content (AvgIpc) is 2.05. The van der Waals surface area contributed by atoms with Crippen molar-refractivity contribution in [3.63, 3.8) is 0 Å². The molecule has 0 N–H and O–H groups in total. The van der Waals surface area contributed by atoms with Crippen LogP contribution >= 0.6 is 0 Å². The first-order valence-corrected chi connectivity index (χ1v) is 3.36. The molecule has 14 heavy (non-hydrogen) atoms. The summed E-state index contributed by atoms with van der Waals surface area (Å²) >= 11 is 0. The Bertz CT molecular complexity index is 265. The maximum Gasteiger partial charge on any atom is 2.00 e. The number of ether oxygens (including phenoxy) is 1. The maximum absolute atomic E-state index is 5.24. The molecule has 1 nitrogen and oxygen atoms in total. The summed E-state index contributed by atoms with van der Waals surface area (Å²) < 4.78 is 5.24. The molecule has 0 aliphatic carbocycles. The third-order valence-corrected chi connectivity index (χ3v) is 1.60. The molecule has 0 unspecified atom stereocenters. The van der Waals surface area contributed by atoms with E-state index >= 15 is 0 Å². The van der Waals surface area contributed by atoms with Crippen LogP contribution in [0.4, 0.5) is 0 Å². The van der Waals surface area contributed by atoms with Crippen molar-refractivity contribution in [2.24, 2.45) is 0 Å². The zero-order valence-electron chi connectivity index (χ0n) is 9.55. The number of hydrogen-bond acceptors (Lipinski definition) is 1. The van der Waals surface area contributed by atoms with Gasteiger partial charge >= 0.3 is 23.1 Å². The van der Waals surface area contributed by atoms with E-state index in [2.05, 4.69) is 6.07 Å². The van der Waals surface area contributed by atoms with Crippen LogP contribution in [-0.4, -0.2) is 40.4 Å². The second-order valence-electron chi connectivity index (χ2n) is 2.30. The number of fused-ring (bicyclic) bond motifs is 1. The van der Waals surface area contributed by atoms with E-state index in [1.165, 1.54) is 5.56 Å². The molecule has 1 aromatic carbocycles. The minimum Gasteiger partial charge on any atom is -1.00 e. The van der Waals surface area contributed by atoms with E-state index in [1.807, 2.05) is 24.3 Å². The Kier molecular flexibility index (Phi) is 15.5. The summed E-state index contributed by atoms with van der Waals surface area (Å²) in [4.78, 5) is 0. The van der Waals surface area contributed by atoms with Crippen molar-refractivity contribution in [1.29, 1.82) is 0 Å². The van der Waals surface area contributed by atoms with Gasteiger partial charge in [0.1, 0.15) is 5.75 Å². The van der Waals surface area contributed by atoms with Gasteiger partial charge < -0.3 is 7.59 Å². The summed E-state index contributed by atoms with van der Waals surface area (Å²) in [6.07, 6.45) is 4.75. The number of hydrogen-bond donors (Lipinski definition) is 0. The van der Waals surface area contributed by atoms with Gasteiger partial charge in [-0.1, -0.05) is 18.2 Å². The fraction of sp³-hybridized carbons (Fsp3) is 0.111. The van der Waals surface area contributed by atoms with Gasteiger partial charge in [0, 0.05) is 51.2 Å². The van der Waals surface area contributed by atoms with Gasteiger partial charge in [-0.15, -0.1) is 0 Å². The van der Waals surface area contributed by atoms with Crippen molar-refractivity contribution in [2.75, 3.05) is 0 Å². The van der Waals surface area contributed by atoms with E-state index in [-0.39, 0.29) is 77.1 Å². The van der Waals surface area contributed by atoms with Crippen LogP contribution in [0.2, 0.25) is 0 Å². The Morgan fingerprint density at radius 2 is 1.86 bits per heavy atom. The molecule has 0 atom stereocenters. The summed E-state index contributed by atoms with van der Waals surface area (Å²) in [7, 11) is 0. The number of para-hydroxylation sites is 1. The van der Waals surface area contributed by atoms with Crippen molar-refractivity contribution in [3.05, 3.63) is 42.2 Å². The molecule has 1 aliphatic heterocycles. The molecule has 0 saturated carbocycles. The number of allylic oxidation sites excluding steroid dienone is 1. The Hall–Kier alpha value is 1.08. The molecular formula is C9H10AlCoFeMgO. The Labute approximate surface area is 135 Å². The molecule has 2 rings (SSSR count). The summed E-state index contributed by atoms with van der Waals surface area (Å²) in [5, 5.41) is 0. The van der Waals surface area contributed by atoms with Crippen molar-refractivity contribution in [3.8, 4) is 5.75 Å². The Morgan fingerprint density at radius 3 is 2.50 bits per heavy atom. The Morgan fingerprint density at radius 1 is 1.21 bits per heavy atom. The van der Waals surface area contributed by atoms with E-state index in [4.69, 9.17) is 4.74 Å². The van der Waals surface area contributed by atoms with Gasteiger partial charge in [-0.2, -0.15) is 0 Å². The first kappa shape index (κ1) is 20.5. The largest absolute Gasteiger partial charge is 2.00 e. The molecule has 0 bridgehead atoms. The van der Waals surface area contributed by atoms with Crippen LogP contribution in [0.1, 0.15) is 8.42 Å². The van der Waals surface area contributed by atoms with E-state index in [1.54, 1.807) is 6.26 Å². The topological polar surface area (TPSA) is 9.23 Å². The summed E-state index contributed by atoms with van der Waals surface area (Å²) in [6, 6.07) is 8.08. The maximum atomic E-state index is 5.24. The minimum absolute atomic E-state index is 0. The molecule has 0 spiro atoms. The van der Waals surface area contributed by atoms with Gasteiger partial charge in [0.05, 0.1) is 6.26 Å². The van der Waals surface area contributed by atoms with E-state index in [9.17, 15) is 0 Å². The molecule has 0 aromatic heterocycles. The van der Waals surface area contributed by atoms with Crippen LogP contribution < -0.4 is 4.74 Å². The number of rotatable bonds is 0. The summed E-state index contributed by atoms with van der Waals surface area (Å²) in [5.74, 6) is 0.991. The van der Waals surface area contributed by atoms with Gasteiger partial charge in [-0.05, 0) is 24.1 Å². The van der Waals surface area contributed by atoms with Crippen LogP contribution in [-0.2, 0) is 40.3 Å². The molecule has 0 fully saturated rings. The normalized spacial score (nSPS) is 10.0. The van der Waals surface area contributed by atoms with Gasteiger partial charge in [-0.25, -0.2) is 0 Å². The van der Waals surface area contributed by atoms with E-state index in [0.29, 0.717) is 0 Å². The second-order valence-corrected chi connectivity index (χ2v) is 2.30. The third-order valence-electron chi connectivity index (χ3n) is 1.60. The minimum atomic E-state index is 0. The fourth-order valence-corrected chi connectivity index (χ4v) is 1.08. The second kappa shape index (κ2) is 10.6. The summed E-state index contributed by atoms with van der Waals surface area (Å²) in [5.41, 5.74) is 1.27. The van der Waals surface area contributed by atoms with Crippen LogP contribution in [0, 0.1) is 0 Å². The average molecular weight is 300 g/mol. The van der Waals surface area contributed by atoms with Crippen LogP contribution in [0.3, 0.4) is 0 Å². The molecule has 1 heterocycles. The summed E-state index contributed by atoms with van der Waals surface area (Å²) in [6.45, 7) is 0. The molecule has 4 radical (unpaired) electrons. The fourth-order valence-electron chi connectivity index (χ4n) is 1.08. The van der Waals surface area contributed by atoms with Gasteiger partial charge in [0.2, 0.25) is 0 Å². The van der Waals surface area contributed by atoms with Crippen LogP contribution in [0.15, 0.2) is 36.6 Å². The van der Waals surface area contributed by atoms with Gasteiger partial charge in [-0.3, -0.25) is 0 Å².